The number of carbonyl (C=O) groups excluding carboxylic acids is 1. The van der Waals surface area contributed by atoms with Crippen molar-refractivity contribution in [2.75, 3.05) is 0 Å². The van der Waals surface area contributed by atoms with E-state index in [9.17, 15) is 13.2 Å². The molecular formula is C6H8N2O4S. The first kappa shape index (κ1) is 9.87. The summed E-state index contributed by atoms with van der Waals surface area (Å²) in [6.45, 7) is 0.193. The minimum Gasteiger partial charge on any atom is -0.337 e. The van der Waals surface area contributed by atoms with Crippen molar-refractivity contribution in [2.45, 2.75) is 13.0 Å². The molecule has 0 atom stereocenters. The Balaban J connectivity index is 2.49. The van der Waals surface area contributed by atoms with Crippen molar-refractivity contribution in [2.24, 2.45) is 0 Å². The summed E-state index contributed by atoms with van der Waals surface area (Å²) in [5.74, 6) is 0. The molecule has 0 saturated carbocycles. The molecule has 0 spiro atoms. The Kier molecular flexibility index (Phi) is 2.79. The molecule has 1 heterocycles. The van der Waals surface area contributed by atoms with Gasteiger partial charge in [-0.25, -0.2) is 4.98 Å². The van der Waals surface area contributed by atoms with Gasteiger partial charge < -0.3 is 4.57 Å². The zero-order valence-electron chi connectivity index (χ0n) is 6.62. The SMILES string of the molecule is O=C(CCn1ccnc1)S(=O)(=O)O. The lowest BCUT2D eigenvalue weighted by Crippen LogP contribution is -2.15. The molecule has 6 nitrogen and oxygen atoms in total. The summed E-state index contributed by atoms with van der Waals surface area (Å²) in [7, 11) is -4.53. The smallest absolute Gasteiger partial charge is 0.328 e. The molecule has 13 heavy (non-hydrogen) atoms. The van der Waals surface area contributed by atoms with E-state index in [0.29, 0.717) is 0 Å². The van der Waals surface area contributed by atoms with Crippen LogP contribution in [0.15, 0.2) is 18.7 Å². The van der Waals surface area contributed by atoms with Crippen molar-refractivity contribution in [3.63, 3.8) is 0 Å². The van der Waals surface area contributed by atoms with Crippen LogP contribution in [0.5, 0.6) is 0 Å². The van der Waals surface area contributed by atoms with E-state index in [0.717, 1.165) is 0 Å². The van der Waals surface area contributed by atoms with E-state index in [1.54, 1.807) is 10.8 Å². The van der Waals surface area contributed by atoms with Gasteiger partial charge in [0.1, 0.15) is 0 Å². The van der Waals surface area contributed by atoms with Gasteiger partial charge in [-0.05, 0) is 0 Å². The van der Waals surface area contributed by atoms with Crippen LogP contribution in [0.4, 0.5) is 0 Å². The number of carbonyl (C=O) groups is 1. The highest BCUT2D eigenvalue weighted by molar-refractivity contribution is 8.01. The summed E-state index contributed by atoms with van der Waals surface area (Å²) in [6.07, 6.45) is 4.31. The van der Waals surface area contributed by atoms with Gasteiger partial charge in [0, 0.05) is 25.4 Å². The molecule has 0 radical (unpaired) electrons. The van der Waals surface area contributed by atoms with Gasteiger partial charge >= 0.3 is 10.1 Å². The second kappa shape index (κ2) is 3.67. The second-order valence-electron chi connectivity index (χ2n) is 2.40. The molecule has 0 unspecified atom stereocenters. The minimum atomic E-state index is -4.53. The number of hydrogen-bond acceptors (Lipinski definition) is 4. The summed E-state index contributed by atoms with van der Waals surface area (Å²) < 4.78 is 30.4. The number of hydrogen-bond donors (Lipinski definition) is 1. The maximum atomic E-state index is 10.7. The van der Waals surface area contributed by atoms with Gasteiger partial charge in [-0.3, -0.25) is 9.35 Å². The lowest BCUT2D eigenvalue weighted by Gasteiger charge is -1.98. The molecule has 0 aromatic carbocycles. The first-order valence-corrected chi connectivity index (χ1v) is 4.90. The number of aromatic nitrogens is 2. The fraction of sp³-hybridized carbons (Fsp3) is 0.333. The first-order chi connectivity index (χ1) is 6.00. The molecule has 0 bridgehead atoms. The number of imidazole rings is 1. The molecule has 0 aliphatic heterocycles. The van der Waals surface area contributed by atoms with E-state index in [1.807, 2.05) is 0 Å². The van der Waals surface area contributed by atoms with Crippen LogP contribution in [0.1, 0.15) is 6.42 Å². The Morgan fingerprint density at radius 3 is 2.69 bits per heavy atom. The van der Waals surface area contributed by atoms with Crippen LogP contribution in [-0.2, 0) is 21.5 Å². The van der Waals surface area contributed by atoms with Crippen molar-refractivity contribution in [1.82, 2.24) is 9.55 Å². The Labute approximate surface area is 75.0 Å². The molecule has 72 valence electrons. The summed E-state index contributed by atoms with van der Waals surface area (Å²) >= 11 is 0. The largest absolute Gasteiger partial charge is 0.337 e. The highest BCUT2D eigenvalue weighted by Gasteiger charge is 2.17. The maximum absolute atomic E-state index is 10.7. The van der Waals surface area contributed by atoms with Gasteiger partial charge in [0.2, 0.25) is 0 Å². The van der Waals surface area contributed by atoms with Gasteiger partial charge in [-0.15, -0.1) is 0 Å². The molecule has 1 aromatic rings. The van der Waals surface area contributed by atoms with Crippen molar-refractivity contribution in [3.8, 4) is 0 Å². The van der Waals surface area contributed by atoms with Crippen LogP contribution in [0.25, 0.3) is 0 Å². The highest BCUT2D eigenvalue weighted by atomic mass is 32.2. The van der Waals surface area contributed by atoms with Crippen LogP contribution in [0, 0.1) is 0 Å². The van der Waals surface area contributed by atoms with Crippen LogP contribution >= 0.6 is 0 Å². The average molecular weight is 204 g/mol. The van der Waals surface area contributed by atoms with Crippen molar-refractivity contribution < 1.29 is 17.8 Å². The topological polar surface area (TPSA) is 89.3 Å². The summed E-state index contributed by atoms with van der Waals surface area (Å²) in [5, 5.41) is -1.18. The standard InChI is InChI=1S/C6H8N2O4S/c9-6(13(10,11)12)1-3-8-4-2-7-5-8/h2,4-5H,1,3H2,(H,10,11,12). The lowest BCUT2D eigenvalue weighted by molar-refractivity contribution is -0.112. The fourth-order valence-electron chi connectivity index (χ4n) is 0.768. The van der Waals surface area contributed by atoms with Crippen LogP contribution in [-0.4, -0.2) is 27.6 Å². The monoisotopic (exact) mass is 204 g/mol. The molecule has 1 rings (SSSR count). The third-order valence-electron chi connectivity index (χ3n) is 1.42. The molecular weight excluding hydrogens is 196 g/mol. The van der Waals surface area contributed by atoms with E-state index in [2.05, 4.69) is 4.98 Å². The molecule has 0 fully saturated rings. The van der Waals surface area contributed by atoms with Crippen molar-refractivity contribution in [3.05, 3.63) is 18.7 Å². The predicted molar refractivity (Wildman–Crippen MR) is 43.4 cm³/mol. The van der Waals surface area contributed by atoms with E-state index < -0.39 is 15.2 Å². The lowest BCUT2D eigenvalue weighted by atomic mass is 10.5. The number of nitrogens with zero attached hydrogens (tertiary/aromatic N) is 2. The Hall–Kier alpha value is -1.21. The zero-order chi connectivity index (χ0) is 9.90. The van der Waals surface area contributed by atoms with Gasteiger partial charge in [-0.2, -0.15) is 8.42 Å². The molecule has 0 aliphatic rings. The van der Waals surface area contributed by atoms with E-state index in [4.69, 9.17) is 4.55 Å². The van der Waals surface area contributed by atoms with Crippen LogP contribution < -0.4 is 0 Å². The third kappa shape index (κ3) is 2.96. The van der Waals surface area contributed by atoms with Crippen molar-refractivity contribution >= 4 is 15.2 Å². The van der Waals surface area contributed by atoms with Crippen LogP contribution in [0.2, 0.25) is 0 Å². The van der Waals surface area contributed by atoms with Gasteiger partial charge in [-0.1, -0.05) is 0 Å². The molecule has 1 aromatic heterocycles. The minimum absolute atomic E-state index is 0.193. The normalized spacial score (nSPS) is 11.5. The number of rotatable bonds is 3. The zero-order valence-corrected chi connectivity index (χ0v) is 7.44. The Bertz CT molecular complexity index is 381. The number of aryl methyl sites for hydroxylation is 1. The average Bonchev–Trinajstić information content (AvgIpc) is 2.50. The third-order valence-corrected chi connectivity index (χ3v) is 2.20. The molecule has 1 N–H and O–H groups in total. The Morgan fingerprint density at radius 2 is 2.23 bits per heavy atom. The summed E-state index contributed by atoms with van der Waals surface area (Å²) in [4.78, 5) is 14.4. The maximum Gasteiger partial charge on any atom is 0.328 e. The quantitative estimate of drug-likeness (QED) is 0.682. The summed E-state index contributed by atoms with van der Waals surface area (Å²) in [6, 6.07) is 0. The molecule has 0 saturated heterocycles. The van der Waals surface area contributed by atoms with Crippen LogP contribution in [0.3, 0.4) is 0 Å². The second-order valence-corrected chi connectivity index (χ2v) is 3.80. The van der Waals surface area contributed by atoms with E-state index in [-0.39, 0.29) is 13.0 Å². The molecule has 0 aliphatic carbocycles. The first-order valence-electron chi connectivity index (χ1n) is 3.46. The fourth-order valence-corrected chi connectivity index (χ4v) is 1.12. The highest BCUT2D eigenvalue weighted by Crippen LogP contribution is 1.96. The summed E-state index contributed by atoms with van der Waals surface area (Å²) in [5.41, 5.74) is 0. The molecule has 7 heteroatoms. The molecule has 0 amide bonds. The van der Waals surface area contributed by atoms with Gasteiger partial charge in [0.15, 0.2) is 0 Å². The van der Waals surface area contributed by atoms with E-state index in [1.165, 1.54) is 12.5 Å². The van der Waals surface area contributed by atoms with Gasteiger partial charge in [0.05, 0.1) is 6.33 Å². The predicted octanol–water partition coefficient (Wildman–Crippen LogP) is -0.312. The van der Waals surface area contributed by atoms with E-state index >= 15 is 0 Å². The van der Waals surface area contributed by atoms with Gasteiger partial charge in [0.25, 0.3) is 5.12 Å². The Morgan fingerprint density at radius 1 is 1.54 bits per heavy atom. The van der Waals surface area contributed by atoms with Crippen molar-refractivity contribution in [1.29, 1.82) is 0 Å².